The second-order valence-corrected chi connectivity index (χ2v) is 7.46. The largest absolute Gasteiger partial charge is 0.332 e. The Kier molecular flexibility index (Phi) is 3.57. The predicted octanol–water partition coefficient (Wildman–Crippen LogP) is 1.84. The average Bonchev–Trinajstić information content (AvgIpc) is 2.95. The highest BCUT2D eigenvalue weighted by Crippen LogP contribution is 2.33. The maximum atomic E-state index is 12.8. The topological polar surface area (TPSA) is 65.1 Å². The van der Waals surface area contributed by atoms with E-state index in [0.29, 0.717) is 23.6 Å². The number of benzene rings is 1. The first kappa shape index (κ1) is 16.6. The minimum atomic E-state index is -0.357. The summed E-state index contributed by atoms with van der Waals surface area (Å²) in [5.74, 6) is 1.07. The van der Waals surface area contributed by atoms with E-state index >= 15 is 0 Å². The van der Waals surface area contributed by atoms with Crippen LogP contribution in [-0.4, -0.2) is 25.2 Å². The van der Waals surface area contributed by atoms with Gasteiger partial charge in [-0.05, 0) is 43.0 Å². The molecule has 136 valence electrons. The molecule has 0 amide bonds. The second kappa shape index (κ2) is 5.59. The van der Waals surface area contributed by atoms with Gasteiger partial charge in [0.2, 0.25) is 5.95 Å². The molecule has 0 spiro atoms. The fraction of sp³-hybridized carbons (Fsp3) is 0.421. The molecule has 0 bridgehead atoms. The minimum Gasteiger partial charge on any atom is -0.312 e. The highest BCUT2D eigenvalue weighted by atomic mass is 16.2. The molecule has 1 unspecified atom stereocenters. The van der Waals surface area contributed by atoms with Crippen molar-refractivity contribution >= 4 is 22.8 Å². The van der Waals surface area contributed by atoms with Crippen LogP contribution in [0.3, 0.4) is 0 Å². The lowest BCUT2D eigenvalue weighted by atomic mass is 10.1. The molecular formula is C19H23N5O2. The Hall–Kier alpha value is -2.83. The molecule has 4 rings (SSSR count). The number of hydrogen-bond donors (Lipinski definition) is 0. The van der Waals surface area contributed by atoms with Crippen LogP contribution in [0.1, 0.15) is 18.1 Å². The van der Waals surface area contributed by atoms with E-state index in [-0.39, 0.29) is 11.2 Å². The second-order valence-electron chi connectivity index (χ2n) is 7.46. The highest BCUT2D eigenvalue weighted by Gasteiger charge is 2.29. The van der Waals surface area contributed by atoms with E-state index in [2.05, 4.69) is 43.9 Å². The van der Waals surface area contributed by atoms with E-state index in [1.807, 2.05) is 4.57 Å². The fourth-order valence-electron chi connectivity index (χ4n) is 3.90. The molecule has 0 saturated carbocycles. The zero-order valence-corrected chi connectivity index (χ0v) is 15.8. The van der Waals surface area contributed by atoms with E-state index < -0.39 is 0 Å². The third-order valence-electron chi connectivity index (χ3n) is 5.08. The molecule has 0 aliphatic carbocycles. The smallest absolute Gasteiger partial charge is 0.312 e. The van der Waals surface area contributed by atoms with Gasteiger partial charge in [0.15, 0.2) is 11.2 Å². The molecule has 1 aliphatic heterocycles. The van der Waals surface area contributed by atoms with Gasteiger partial charge in [0.1, 0.15) is 0 Å². The summed E-state index contributed by atoms with van der Waals surface area (Å²) in [5, 5.41) is 0. The normalized spacial score (nSPS) is 17.0. The number of imidazole rings is 1. The highest BCUT2D eigenvalue weighted by molar-refractivity contribution is 5.77. The first-order chi connectivity index (χ1) is 12.3. The van der Waals surface area contributed by atoms with Gasteiger partial charge in [-0.3, -0.25) is 13.9 Å². The summed E-state index contributed by atoms with van der Waals surface area (Å²) in [5.41, 5.74) is 3.71. The fourth-order valence-corrected chi connectivity index (χ4v) is 3.90. The molecule has 7 heteroatoms. The van der Waals surface area contributed by atoms with Crippen LogP contribution in [-0.2, 0) is 20.6 Å². The maximum Gasteiger partial charge on any atom is 0.332 e. The first-order valence-electron chi connectivity index (χ1n) is 8.80. The molecule has 1 atom stereocenters. The lowest BCUT2D eigenvalue weighted by Gasteiger charge is -2.33. The molecule has 3 heterocycles. The average molecular weight is 353 g/mol. The molecule has 0 N–H and O–H groups in total. The Morgan fingerprint density at radius 2 is 1.65 bits per heavy atom. The van der Waals surface area contributed by atoms with Crippen molar-refractivity contribution in [1.29, 1.82) is 0 Å². The molecule has 0 saturated heterocycles. The first-order valence-corrected chi connectivity index (χ1v) is 8.80. The van der Waals surface area contributed by atoms with Crippen LogP contribution in [0.2, 0.25) is 0 Å². The summed E-state index contributed by atoms with van der Waals surface area (Å²) in [6.45, 7) is 7.84. The van der Waals surface area contributed by atoms with Crippen molar-refractivity contribution in [2.75, 3.05) is 11.4 Å². The van der Waals surface area contributed by atoms with Gasteiger partial charge in [-0.25, -0.2) is 4.79 Å². The summed E-state index contributed by atoms with van der Waals surface area (Å²) in [7, 11) is 3.17. The van der Waals surface area contributed by atoms with Crippen LogP contribution in [0, 0.1) is 19.8 Å². The number of aromatic nitrogens is 4. The number of aryl methyl sites for hydroxylation is 3. The van der Waals surface area contributed by atoms with Gasteiger partial charge in [-0.15, -0.1) is 0 Å². The quantitative estimate of drug-likeness (QED) is 0.670. The Morgan fingerprint density at radius 3 is 2.31 bits per heavy atom. The molecule has 1 aliphatic rings. The van der Waals surface area contributed by atoms with Crippen LogP contribution >= 0.6 is 0 Å². The standard InChI is InChI=1S/C19H23N5O2/c1-11-6-12(2)8-14(7-11)23-9-13(3)10-24-15-16(20-18(23)24)21(4)19(26)22(5)17(15)25/h6-8,13H,9-10H2,1-5H3. The third kappa shape index (κ3) is 2.30. The molecule has 1 aromatic carbocycles. The number of hydrogen-bond acceptors (Lipinski definition) is 4. The number of fused-ring (bicyclic) bond motifs is 3. The predicted molar refractivity (Wildman–Crippen MR) is 102 cm³/mol. The molecular weight excluding hydrogens is 330 g/mol. The van der Waals surface area contributed by atoms with Crippen molar-refractivity contribution in [1.82, 2.24) is 18.7 Å². The van der Waals surface area contributed by atoms with Crippen molar-refractivity contribution in [3.63, 3.8) is 0 Å². The van der Waals surface area contributed by atoms with Crippen molar-refractivity contribution in [3.05, 3.63) is 50.2 Å². The number of rotatable bonds is 1. The summed E-state index contributed by atoms with van der Waals surface area (Å²) in [6, 6.07) is 6.40. The number of nitrogens with zero attached hydrogens (tertiary/aromatic N) is 5. The van der Waals surface area contributed by atoms with Crippen molar-refractivity contribution in [2.45, 2.75) is 27.3 Å². The van der Waals surface area contributed by atoms with E-state index in [1.165, 1.54) is 22.7 Å². The zero-order valence-electron chi connectivity index (χ0n) is 15.8. The Balaban J connectivity index is 2.05. The van der Waals surface area contributed by atoms with Gasteiger partial charge in [-0.2, -0.15) is 4.98 Å². The lowest BCUT2D eigenvalue weighted by Crippen LogP contribution is -2.38. The van der Waals surface area contributed by atoms with Gasteiger partial charge >= 0.3 is 5.69 Å². The van der Waals surface area contributed by atoms with Crippen LogP contribution in [0.5, 0.6) is 0 Å². The molecule has 26 heavy (non-hydrogen) atoms. The number of anilines is 2. The lowest BCUT2D eigenvalue weighted by molar-refractivity contribution is 0.458. The van der Waals surface area contributed by atoms with Crippen LogP contribution in [0.15, 0.2) is 27.8 Å². The molecule has 2 aromatic heterocycles. The van der Waals surface area contributed by atoms with E-state index in [4.69, 9.17) is 4.98 Å². The van der Waals surface area contributed by atoms with Gasteiger partial charge in [0.05, 0.1) is 0 Å². The van der Waals surface area contributed by atoms with E-state index in [9.17, 15) is 9.59 Å². The minimum absolute atomic E-state index is 0.295. The summed E-state index contributed by atoms with van der Waals surface area (Å²) in [4.78, 5) is 31.9. The van der Waals surface area contributed by atoms with E-state index in [1.54, 1.807) is 7.05 Å². The zero-order chi connectivity index (χ0) is 18.7. The molecule has 7 nitrogen and oxygen atoms in total. The molecule has 3 aromatic rings. The van der Waals surface area contributed by atoms with E-state index in [0.717, 1.165) is 22.7 Å². The van der Waals surface area contributed by atoms with Crippen molar-refractivity contribution in [2.24, 2.45) is 20.0 Å². The van der Waals surface area contributed by atoms with Crippen LogP contribution < -0.4 is 16.1 Å². The van der Waals surface area contributed by atoms with Crippen molar-refractivity contribution < 1.29 is 0 Å². The monoisotopic (exact) mass is 353 g/mol. The Morgan fingerprint density at radius 1 is 1.00 bits per heavy atom. The van der Waals surface area contributed by atoms with Gasteiger partial charge < -0.3 is 9.47 Å². The maximum absolute atomic E-state index is 12.8. The Bertz CT molecular complexity index is 1130. The summed E-state index contributed by atoms with van der Waals surface area (Å²) < 4.78 is 4.56. The molecule has 0 radical (unpaired) electrons. The summed E-state index contributed by atoms with van der Waals surface area (Å²) >= 11 is 0. The van der Waals surface area contributed by atoms with Crippen LogP contribution in [0.4, 0.5) is 11.6 Å². The SMILES string of the molecule is Cc1cc(C)cc(N2CC(C)Cn3c2nc2c3c(=O)n(C)c(=O)n2C)c1. The van der Waals surface area contributed by atoms with Gasteiger partial charge in [0, 0.05) is 32.9 Å². The summed E-state index contributed by atoms with van der Waals surface area (Å²) in [6.07, 6.45) is 0. The van der Waals surface area contributed by atoms with Crippen molar-refractivity contribution in [3.8, 4) is 0 Å². The third-order valence-corrected chi connectivity index (χ3v) is 5.08. The van der Waals surface area contributed by atoms with Gasteiger partial charge in [0.25, 0.3) is 5.56 Å². The molecule has 0 fully saturated rings. The Labute approximate surface area is 151 Å². The van der Waals surface area contributed by atoms with Crippen LogP contribution in [0.25, 0.3) is 11.2 Å². The van der Waals surface area contributed by atoms with Gasteiger partial charge in [-0.1, -0.05) is 13.0 Å².